The summed E-state index contributed by atoms with van der Waals surface area (Å²) >= 11 is 1.13. The average molecular weight is 1450 g/mol. The van der Waals surface area contributed by atoms with Crippen molar-refractivity contribution in [2.45, 2.75) is 181 Å². The molecule has 30 heteroatoms. The normalized spacial score (nSPS) is 17.1. The Morgan fingerprint density at radius 3 is 1.87 bits per heavy atom. The van der Waals surface area contributed by atoms with E-state index in [-0.39, 0.29) is 94.0 Å². The Morgan fingerprint density at radius 2 is 1.32 bits per heavy atom. The van der Waals surface area contributed by atoms with Gasteiger partial charge in [-0.15, -0.1) is 0 Å². The van der Waals surface area contributed by atoms with Crippen molar-refractivity contribution in [2.24, 2.45) is 35.3 Å². The zero-order valence-electron chi connectivity index (χ0n) is 61.8. The number of amides is 13. The van der Waals surface area contributed by atoms with Crippen LogP contribution < -0.4 is 37.6 Å². The number of anilines is 1. The second-order valence-corrected chi connectivity index (χ2v) is 28.2. The molecule has 2 aromatic rings. The number of ether oxygens (including phenoxy) is 3. The lowest BCUT2D eigenvalue weighted by Crippen LogP contribution is -2.60. The van der Waals surface area contributed by atoms with Crippen LogP contribution in [0.25, 0.3) is 0 Å². The molecule has 2 aliphatic heterocycles. The molecule has 0 spiro atoms. The number of hydrogen-bond acceptors (Lipinski definition) is 17. The van der Waals surface area contributed by atoms with Crippen molar-refractivity contribution in [2.75, 3.05) is 78.2 Å². The van der Waals surface area contributed by atoms with Gasteiger partial charge in [-0.05, 0) is 91.7 Å². The summed E-state index contributed by atoms with van der Waals surface area (Å²) in [6.45, 7) is 25.0. The van der Waals surface area contributed by atoms with Crippen molar-refractivity contribution < 1.29 is 76.9 Å². The number of rotatable bonds is 39. The highest BCUT2D eigenvalue weighted by Gasteiger charge is 2.44. The number of likely N-dealkylation sites (tertiary alicyclic amines) is 1. The maximum atomic E-state index is 14.8. The van der Waals surface area contributed by atoms with E-state index in [1.54, 1.807) is 109 Å². The lowest BCUT2D eigenvalue weighted by molar-refractivity contribution is -0.154. The molecule has 102 heavy (non-hydrogen) atoms. The molecule has 0 unspecified atom stereocenters. The molecule has 0 aromatic heterocycles. The van der Waals surface area contributed by atoms with Crippen LogP contribution in [-0.4, -0.2) is 233 Å². The molecule has 12 atom stereocenters. The van der Waals surface area contributed by atoms with Crippen LogP contribution in [0.3, 0.4) is 0 Å². The van der Waals surface area contributed by atoms with Gasteiger partial charge in [0.15, 0.2) is 0 Å². The third-order valence-corrected chi connectivity index (χ3v) is 19.5. The summed E-state index contributed by atoms with van der Waals surface area (Å²) in [4.78, 5) is 170. The third kappa shape index (κ3) is 25.1. The lowest BCUT2D eigenvalue weighted by atomic mass is 9.89. The monoisotopic (exact) mass is 1450 g/mol. The van der Waals surface area contributed by atoms with E-state index in [2.05, 4.69) is 45.1 Å². The van der Waals surface area contributed by atoms with E-state index < -0.39 is 138 Å². The Morgan fingerprint density at radius 1 is 0.716 bits per heavy atom. The average Bonchev–Trinajstić information content (AvgIpc) is 1.43. The standard InChI is InChI=1S/C72H111N13O16S/c1-17-46(10)63(54(99-15)37-59(90)85-35-24-28-53(85)65(100-16)47(11)66(92)75-48(12)64(91)50-25-21-20-22-26-50)80(13)70(96)61(44(6)7)79-69(95)62(45(8)9)81(14)72(98)101-38-49-29-31-51(32-30-49)76-67(93)52(27-23-34-74-71(73)97)77-68(94)60(43(4)5)78-55(86)39-102-36-33-58(89)84-41-82(56(87)18-2)40-83(42-84)57(88)19-3/h18-22,25-26,29-32,43-48,52-54,60-65,91H,2-3,17,23-24,27-28,33-42H2,1,4-16H3,(H,75,92)(H,76,93)(H,77,94)(H,78,86)(H,79,95)(H3,73,74,97)/t46-,47-,48-,52+,53+,54-,60+,61+,62+,63+,64-,65-/m1/s1. The summed E-state index contributed by atoms with van der Waals surface area (Å²) in [5, 5.41) is 27.5. The van der Waals surface area contributed by atoms with Crippen LogP contribution >= 0.6 is 11.8 Å². The second-order valence-electron chi connectivity index (χ2n) is 27.1. The molecule has 2 heterocycles. The number of nitrogens with zero attached hydrogens (tertiary/aromatic N) is 6. The van der Waals surface area contributed by atoms with Crippen molar-refractivity contribution in [1.82, 2.24) is 56.0 Å². The van der Waals surface area contributed by atoms with Crippen molar-refractivity contribution in [3.05, 3.63) is 91.0 Å². The molecule has 2 aliphatic rings. The van der Waals surface area contributed by atoms with E-state index in [1.807, 2.05) is 32.0 Å². The highest BCUT2D eigenvalue weighted by atomic mass is 32.2. The predicted molar refractivity (Wildman–Crippen MR) is 387 cm³/mol. The molecule has 0 radical (unpaired) electrons. The first-order valence-corrected chi connectivity index (χ1v) is 36.0. The van der Waals surface area contributed by atoms with Crippen molar-refractivity contribution in [3.63, 3.8) is 0 Å². The van der Waals surface area contributed by atoms with Gasteiger partial charge in [0, 0.05) is 59.3 Å². The number of methoxy groups -OCH3 is 2. The number of urea groups is 1. The van der Waals surface area contributed by atoms with E-state index in [4.69, 9.17) is 19.9 Å². The Bertz CT molecular complexity index is 3150. The Balaban J connectivity index is 1.37. The molecule has 2 aromatic carbocycles. The van der Waals surface area contributed by atoms with E-state index in [0.717, 1.165) is 28.8 Å². The number of aliphatic hydroxyl groups is 1. The minimum atomic E-state index is -1.16. The zero-order chi connectivity index (χ0) is 76.2. The van der Waals surface area contributed by atoms with Gasteiger partial charge >= 0.3 is 12.1 Å². The molecule has 0 saturated carbocycles. The van der Waals surface area contributed by atoms with E-state index in [1.165, 1.54) is 36.0 Å². The molecule has 0 aliphatic carbocycles. The topological polar surface area (TPSA) is 370 Å². The van der Waals surface area contributed by atoms with Crippen LogP contribution in [0.15, 0.2) is 79.9 Å². The molecule has 2 saturated heterocycles. The number of benzene rings is 2. The number of aliphatic hydroxyl groups excluding tert-OH is 1. The van der Waals surface area contributed by atoms with Gasteiger partial charge in [-0.2, -0.15) is 11.8 Å². The number of carbonyl (C=O) groups is 12. The Kier molecular flexibility index (Phi) is 35.4. The Hall–Kier alpha value is -8.61. The molecule has 4 rings (SSSR count). The third-order valence-electron chi connectivity index (χ3n) is 18.6. The van der Waals surface area contributed by atoms with Crippen LogP contribution in [0, 0.1) is 29.6 Å². The summed E-state index contributed by atoms with van der Waals surface area (Å²) in [5.41, 5.74) is 6.74. The van der Waals surface area contributed by atoms with Gasteiger partial charge in [0.25, 0.3) is 0 Å². The minimum absolute atomic E-state index is 0.0250. The van der Waals surface area contributed by atoms with Gasteiger partial charge in [0.05, 0.1) is 74.5 Å². The van der Waals surface area contributed by atoms with Crippen molar-refractivity contribution in [3.8, 4) is 0 Å². The van der Waals surface area contributed by atoms with Crippen LogP contribution in [-0.2, 0) is 68.8 Å². The van der Waals surface area contributed by atoms with Gasteiger partial charge in [0.1, 0.15) is 30.8 Å². The predicted octanol–water partition coefficient (Wildman–Crippen LogP) is 4.46. The van der Waals surface area contributed by atoms with Crippen molar-refractivity contribution >= 4 is 88.6 Å². The number of nitrogens with one attached hydrogen (secondary N) is 6. The van der Waals surface area contributed by atoms with E-state index in [9.17, 15) is 62.6 Å². The molecule has 29 nitrogen and oxygen atoms in total. The highest BCUT2D eigenvalue weighted by molar-refractivity contribution is 7.99. The maximum absolute atomic E-state index is 14.8. The SMILES string of the molecule is C=CC(=O)N1CN(C(=O)C=C)CN(C(=O)CCSCC(=O)N[C@H](C(=O)N[C@@H](CCCNC(N)=O)C(=O)Nc2ccc(COC(=O)N(C)[C@H](C(=O)N[C@H](C(=O)N(C)[C@@H]([C@H](C)CC)[C@@H](CC(=O)N3CCC[C@H]3[C@H](OC)[C@@H](C)C(=O)N[C@H](C)[C@@H](O)c3ccccc3)OC)C(C)C)C(C)C)cc2)C(C)C)C1. The fraction of sp³-hybridized carbons (Fsp3) is 0.611. The molecule has 13 amide bonds. The van der Waals surface area contributed by atoms with Gasteiger partial charge in [0.2, 0.25) is 59.1 Å². The molecule has 9 N–H and O–H groups in total. The van der Waals surface area contributed by atoms with E-state index in [0.29, 0.717) is 42.6 Å². The molecular weight excluding hydrogens is 1330 g/mol. The summed E-state index contributed by atoms with van der Waals surface area (Å²) in [6.07, 6.45) is 0.925. The van der Waals surface area contributed by atoms with Crippen molar-refractivity contribution in [1.29, 1.82) is 0 Å². The van der Waals surface area contributed by atoms with Crippen LogP contribution in [0.5, 0.6) is 0 Å². The molecule has 2 fully saturated rings. The first kappa shape index (κ1) is 85.8. The second kappa shape index (κ2) is 42.1. The number of thioether (sulfide) groups is 1. The first-order valence-electron chi connectivity index (χ1n) is 34.8. The molecule has 566 valence electrons. The van der Waals surface area contributed by atoms with Gasteiger partial charge < -0.3 is 81.5 Å². The van der Waals surface area contributed by atoms with E-state index >= 15 is 0 Å². The van der Waals surface area contributed by atoms with Crippen LogP contribution in [0.2, 0.25) is 0 Å². The summed E-state index contributed by atoms with van der Waals surface area (Å²) in [5.74, 6) is -6.86. The number of primary amides is 1. The number of hydrogen-bond donors (Lipinski definition) is 8. The quantitative estimate of drug-likeness (QED) is 0.0338. The smallest absolute Gasteiger partial charge is 0.410 e. The van der Waals surface area contributed by atoms with Crippen LogP contribution in [0.4, 0.5) is 15.3 Å². The minimum Gasteiger partial charge on any atom is -0.445 e. The maximum Gasteiger partial charge on any atom is 0.410 e. The number of nitrogens with two attached hydrogens (primary N) is 1. The van der Waals surface area contributed by atoms with Gasteiger partial charge in [-0.1, -0.05) is 124 Å². The lowest BCUT2D eigenvalue weighted by Gasteiger charge is -2.41. The fourth-order valence-electron chi connectivity index (χ4n) is 12.6. The Labute approximate surface area is 604 Å². The molecular formula is C72H111N13O16S. The van der Waals surface area contributed by atoms with Crippen LogP contribution in [0.1, 0.15) is 131 Å². The zero-order valence-corrected chi connectivity index (χ0v) is 62.6. The summed E-state index contributed by atoms with van der Waals surface area (Å²) in [6, 6.07) is 8.45. The summed E-state index contributed by atoms with van der Waals surface area (Å²) < 4.78 is 17.8. The first-order chi connectivity index (χ1) is 48.2. The van der Waals surface area contributed by atoms with Gasteiger partial charge in [-0.3, -0.25) is 52.8 Å². The number of carbonyl (C=O) groups excluding carboxylic acids is 12. The largest absolute Gasteiger partial charge is 0.445 e. The van der Waals surface area contributed by atoms with Gasteiger partial charge in [-0.25, -0.2) is 9.59 Å². The molecule has 0 bridgehead atoms. The fourth-order valence-corrected chi connectivity index (χ4v) is 13.3. The number of likely N-dealkylation sites (N-methyl/N-ethyl adjacent to an activating group) is 2. The highest BCUT2D eigenvalue weighted by Crippen LogP contribution is 2.31. The summed E-state index contributed by atoms with van der Waals surface area (Å²) in [7, 11) is 6.05.